The predicted octanol–water partition coefficient (Wildman–Crippen LogP) is 3.31. The van der Waals surface area contributed by atoms with Crippen molar-refractivity contribution in [2.24, 2.45) is 5.92 Å². The number of ether oxygens (including phenoxy) is 1. The molecule has 1 aliphatic carbocycles. The number of carbonyl (C=O) groups is 1. The van der Waals surface area contributed by atoms with Gasteiger partial charge in [-0.1, -0.05) is 19.3 Å². The van der Waals surface area contributed by atoms with Crippen molar-refractivity contribution in [2.45, 2.75) is 44.6 Å². The molecule has 5 nitrogen and oxygen atoms in total. The van der Waals surface area contributed by atoms with Crippen LogP contribution in [-0.4, -0.2) is 33.2 Å². The summed E-state index contributed by atoms with van der Waals surface area (Å²) in [5.41, 5.74) is 0.716. The van der Waals surface area contributed by atoms with Gasteiger partial charge in [0, 0.05) is 17.5 Å². The molecule has 0 saturated heterocycles. The standard InChI is InChI=1S/C19H25NO4S/c1-24-18-9-7-16(8-10-18)20(17-11-12-25(22,23)14-17)19(21)13-15-5-3-2-4-6-15/h7-12,15,17H,2-6,13-14H2,1H3/t17-/m1/s1. The highest BCUT2D eigenvalue weighted by molar-refractivity contribution is 7.94. The first-order chi connectivity index (χ1) is 12.0. The third-order valence-electron chi connectivity index (χ3n) is 5.05. The lowest BCUT2D eigenvalue weighted by Gasteiger charge is -2.30. The van der Waals surface area contributed by atoms with Crippen molar-refractivity contribution < 1.29 is 17.9 Å². The minimum absolute atomic E-state index is 0.00353. The average Bonchev–Trinajstić information content (AvgIpc) is 2.96. The van der Waals surface area contributed by atoms with E-state index < -0.39 is 15.9 Å². The second kappa shape index (κ2) is 7.60. The molecule has 1 heterocycles. The molecular weight excluding hydrogens is 338 g/mol. The average molecular weight is 363 g/mol. The van der Waals surface area contributed by atoms with Gasteiger partial charge in [-0.25, -0.2) is 8.42 Å². The summed E-state index contributed by atoms with van der Waals surface area (Å²) in [5.74, 6) is 1.07. The molecule has 1 atom stereocenters. The summed E-state index contributed by atoms with van der Waals surface area (Å²) in [7, 11) is -1.64. The number of carbonyl (C=O) groups excluding carboxylic acids is 1. The number of sulfone groups is 1. The number of amides is 1. The highest BCUT2D eigenvalue weighted by atomic mass is 32.2. The largest absolute Gasteiger partial charge is 0.497 e. The van der Waals surface area contributed by atoms with Gasteiger partial charge < -0.3 is 9.64 Å². The van der Waals surface area contributed by atoms with Gasteiger partial charge >= 0.3 is 0 Å². The summed E-state index contributed by atoms with van der Waals surface area (Å²) in [5, 5.41) is 1.22. The zero-order valence-corrected chi connectivity index (χ0v) is 15.4. The zero-order valence-electron chi connectivity index (χ0n) is 14.6. The Morgan fingerprint density at radius 3 is 2.40 bits per heavy atom. The van der Waals surface area contributed by atoms with E-state index in [4.69, 9.17) is 4.74 Å². The number of hydrogen-bond acceptors (Lipinski definition) is 4. The first kappa shape index (κ1) is 18.0. The Labute approximate surface area is 149 Å². The predicted molar refractivity (Wildman–Crippen MR) is 98.4 cm³/mol. The molecule has 1 amide bonds. The summed E-state index contributed by atoms with van der Waals surface area (Å²) < 4.78 is 28.9. The van der Waals surface area contributed by atoms with Crippen molar-refractivity contribution >= 4 is 21.4 Å². The molecule has 0 N–H and O–H groups in total. The zero-order chi connectivity index (χ0) is 17.9. The number of hydrogen-bond donors (Lipinski definition) is 0. The van der Waals surface area contributed by atoms with Crippen molar-refractivity contribution in [1.82, 2.24) is 0 Å². The highest BCUT2D eigenvalue weighted by Crippen LogP contribution is 2.30. The van der Waals surface area contributed by atoms with E-state index in [9.17, 15) is 13.2 Å². The van der Waals surface area contributed by atoms with Crippen molar-refractivity contribution in [1.29, 1.82) is 0 Å². The Morgan fingerprint density at radius 2 is 1.84 bits per heavy atom. The molecule has 3 rings (SSSR count). The van der Waals surface area contributed by atoms with Gasteiger partial charge in [0.2, 0.25) is 5.91 Å². The summed E-state index contributed by atoms with van der Waals surface area (Å²) >= 11 is 0. The lowest BCUT2D eigenvalue weighted by Crippen LogP contribution is -2.42. The lowest BCUT2D eigenvalue weighted by atomic mass is 9.86. The molecule has 1 saturated carbocycles. The molecule has 25 heavy (non-hydrogen) atoms. The molecule has 0 radical (unpaired) electrons. The lowest BCUT2D eigenvalue weighted by molar-refractivity contribution is -0.120. The van der Waals surface area contributed by atoms with Gasteiger partial charge in [0.25, 0.3) is 0 Å². The third-order valence-corrected chi connectivity index (χ3v) is 6.43. The number of anilines is 1. The summed E-state index contributed by atoms with van der Waals surface area (Å²) in [4.78, 5) is 14.7. The van der Waals surface area contributed by atoms with Crippen molar-refractivity contribution in [3.05, 3.63) is 35.7 Å². The van der Waals surface area contributed by atoms with Gasteiger partial charge in [0.05, 0.1) is 18.9 Å². The van der Waals surface area contributed by atoms with Gasteiger partial charge in [-0.2, -0.15) is 0 Å². The van der Waals surface area contributed by atoms with Gasteiger partial charge in [0.1, 0.15) is 5.75 Å². The van der Waals surface area contributed by atoms with E-state index in [1.807, 2.05) is 12.1 Å². The van der Waals surface area contributed by atoms with Crippen LogP contribution in [0, 0.1) is 5.92 Å². The fourth-order valence-corrected chi connectivity index (χ4v) is 4.99. The van der Waals surface area contributed by atoms with Crippen LogP contribution in [0.4, 0.5) is 5.69 Å². The van der Waals surface area contributed by atoms with Crippen LogP contribution in [-0.2, 0) is 14.6 Å². The quantitative estimate of drug-likeness (QED) is 0.805. The van der Waals surface area contributed by atoms with Crippen molar-refractivity contribution in [3.63, 3.8) is 0 Å². The summed E-state index contributed by atoms with van der Waals surface area (Å²) in [6, 6.07) is 6.79. The topological polar surface area (TPSA) is 63.7 Å². The van der Waals surface area contributed by atoms with E-state index in [1.54, 1.807) is 30.2 Å². The van der Waals surface area contributed by atoms with Crippen LogP contribution >= 0.6 is 0 Å². The molecule has 1 fully saturated rings. The van der Waals surface area contributed by atoms with Crippen molar-refractivity contribution in [2.75, 3.05) is 17.8 Å². The Kier molecular flexibility index (Phi) is 5.47. The molecular formula is C19H25NO4S. The minimum atomic E-state index is -3.23. The second-order valence-electron chi connectivity index (χ2n) is 6.90. The van der Waals surface area contributed by atoms with Crippen LogP contribution in [0.5, 0.6) is 5.75 Å². The second-order valence-corrected chi connectivity index (χ2v) is 8.83. The van der Waals surface area contributed by atoms with Crippen LogP contribution in [0.25, 0.3) is 0 Å². The maximum Gasteiger partial charge on any atom is 0.227 e. The molecule has 1 aliphatic heterocycles. The maximum atomic E-state index is 13.0. The monoisotopic (exact) mass is 363 g/mol. The molecule has 6 heteroatoms. The van der Waals surface area contributed by atoms with Gasteiger partial charge in [0.15, 0.2) is 9.84 Å². The Balaban J connectivity index is 1.82. The first-order valence-corrected chi connectivity index (χ1v) is 10.6. The summed E-state index contributed by atoms with van der Waals surface area (Å²) in [6.45, 7) is 0. The molecule has 0 unspecified atom stereocenters. The van der Waals surface area contributed by atoms with Gasteiger partial charge in [-0.05, 0) is 49.1 Å². The van der Waals surface area contributed by atoms with E-state index >= 15 is 0 Å². The third kappa shape index (κ3) is 4.42. The normalized spacial score (nSPS) is 22.7. The number of nitrogens with zero attached hydrogens (tertiary/aromatic N) is 1. The van der Waals surface area contributed by atoms with Crippen LogP contribution in [0.2, 0.25) is 0 Å². The highest BCUT2D eigenvalue weighted by Gasteiger charge is 2.32. The molecule has 1 aromatic carbocycles. The van der Waals surface area contributed by atoms with E-state index in [1.165, 1.54) is 24.7 Å². The van der Waals surface area contributed by atoms with E-state index in [-0.39, 0.29) is 11.7 Å². The van der Waals surface area contributed by atoms with Gasteiger partial charge in [-0.15, -0.1) is 0 Å². The maximum absolute atomic E-state index is 13.0. The Hall–Kier alpha value is -1.82. The Morgan fingerprint density at radius 1 is 1.16 bits per heavy atom. The number of rotatable bonds is 5. The van der Waals surface area contributed by atoms with Crippen LogP contribution in [0.3, 0.4) is 0 Å². The summed E-state index contributed by atoms with van der Waals surface area (Å²) in [6.07, 6.45) is 7.88. The minimum Gasteiger partial charge on any atom is -0.497 e. The Bertz CT molecular complexity index is 733. The van der Waals surface area contributed by atoms with Gasteiger partial charge in [-0.3, -0.25) is 4.79 Å². The fourth-order valence-electron chi connectivity index (χ4n) is 3.72. The molecule has 136 valence electrons. The molecule has 2 aliphatic rings. The molecule has 1 aromatic rings. The van der Waals surface area contributed by atoms with Crippen LogP contribution < -0.4 is 9.64 Å². The number of methoxy groups -OCH3 is 1. The van der Waals surface area contributed by atoms with E-state index in [0.29, 0.717) is 23.8 Å². The number of benzene rings is 1. The first-order valence-electron chi connectivity index (χ1n) is 8.85. The van der Waals surface area contributed by atoms with Crippen molar-refractivity contribution in [3.8, 4) is 5.75 Å². The molecule has 0 spiro atoms. The van der Waals surface area contributed by atoms with E-state index in [0.717, 1.165) is 12.8 Å². The SMILES string of the molecule is COc1ccc(N(C(=O)CC2CCCCC2)[C@@H]2C=CS(=O)(=O)C2)cc1. The fraction of sp³-hybridized carbons (Fsp3) is 0.526. The van der Waals surface area contributed by atoms with E-state index in [2.05, 4.69) is 0 Å². The van der Waals surface area contributed by atoms with Crippen LogP contribution in [0.1, 0.15) is 38.5 Å². The molecule has 0 aromatic heterocycles. The molecule has 0 bridgehead atoms. The smallest absolute Gasteiger partial charge is 0.227 e. The van der Waals surface area contributed by atoms with Crippen LogP contribution in [0.15, 0.2) is 35.7 Å².